The molecule has 0 bridgehead atoms. The fourth-order valence-electron chi connectivity index (χ4n) is 2.12. The van der Waals surface area contributed by atoms with Crippen LogP contribution in [0.1, 0.15) is 5.82 Å². The van der Waals surface area contributed by atoms with Gasteiger partial charge in [-0.05, 0) is 36.4 Å². The molecule has 0 atom stereocenters. The number of hydrogen-bond donors (Lipinski definition) is 1. The summed E-state index contributed by atoms with van der Waals surface area (Å²) in [5, 5.41) is 12.3. The molecule has 0 saturated heterocycles. The van der Waals surface area contributed by atoms with Crippen molar-refractivity contribution in [1.29, 1.82) is 0 Å². The molecular formula is C18H17ClN4O2S. The summed E-state index contributed by atoms with van der Waals surface area (Å²) >= 11 is 7.14. The van der Waals surface area contributed by atoms with Gasteiger partial charge in [0, 0.05) is 17.8 Å². The van der Waals surface area contributed by atoms with Crippen LogP contribution in [0.25, 0.3) is 0 Å². The summed E-state index contributed by atoms with van der Waals surface area (Å²) in [7, 11) is 1.85. The Morgan fingerprint density at radius 2 is 1.88 bits per heavy atom. The third-order valence-corrected chi connectivity index (χ3v) is 4.77. The molecule has 0 aliphatic heterocycles. The summed E-state index contributed by atoms with van der Waals surface area (Å²) in [4.78, 5) is 12.1. The first-order valence-electron chi connectivity index (χ1n) is 7.86. The zero-order chi connectivity index (χ0) is 18.4. The van der Waals surface area contributed by atoms with E-state index in [1.165, 1.54) is 11.8 Å². The molecule has 3 rings (SSSR count). The summed E-state index contributed by atoms with van der Waals surface area (Å²) in [6.07, 6.45) is 0. The molecule has 3 aromatic rings. The summed E-state index contributed by atoms with van der Waals surface area (Å²) in [6, 6.07) is 16.5. The predicted molar refractivity (Wildman–Crippen MR) is 103 cm³/mol. The number of carbonyl (C=O) groups excluding carboxylic acids is 1. The lowest BCUT2D eigenvalue weighted by Gasteiger charge is -2.07. The first-order valence-corrected chi connectivity index (χ1v) is 9.22. The molecule has 1 amide bonds. The summed E-state index contributed by atoms with van der Waals surface area (Å²) in [6.45, 7) is 0.311. The molecule has 0 unspecified atom stereocenters. The van der Waals surface area contributed by atoms with E-state index in [2.05, 4.69) is 15.5 Å². The molecule has 1 N–H and O–H groups in total. The third kappa shape index (κ3) is 5.00. The summed E-state index contributed by atoms with van der Waals surface area (Å²) in [5.74, 6) is 1.57. The molecule has 0 aliphatic carbocycles. The number of rotatable bonds is 7. The third-order valence-electron chi connectivity index (χ3n) is 3.50. The fraction of sp³-hybridized carbons (Fsp3) is 0.167. The molecule has 0 radical (unpaired) electrons. The number of amides is 1. The van der Waals surface area contributed by atoms with Gasteiger partial charge in [-0.2, -0.15) is 0 Å². The minimum atomic E-state index is -0.123. The number of hydrogen-bond acceptors (Lipinski definition) is 5. The van der Waals surface area contributed by atoms with Crippen molar-refractivity contribution >= 4 is 35.0 Å². The molecule has 134 valence electrons. The lowest BCUT2D eigenvalue weighted by molar-refractivity contribution is -0.113. The van der Waals surface area contributed by atoms with Crippen molar-refractivity contribution in [3.8, 4) is 5.75 Å². The Balaban J connectivity index is 1.51. The molecule has 8 heteroatoms. The zero-order valence-corrected chi connectivity index (χ0v) is 15.6. The predicted octanol–water partition coefficient (Wildman–Crippen LogP) is 3.78. The highest BCUT2D eigenvalue weighted by Gasteiger charge is 2.12. The second-order valence-corrected chi connectivity index (χ2v) is 6.78. The highest BCUT2D eigenvalue weighted by atomic mass is 35.5. The van der Waals surface area contributed by atoms with Gasteiger partial charge in [-0.15, -0.1) is 10.2 Å². The van der Waals surface area contributed by atoms with Crippen LogP contribution in [0.3, 0.4) is 0 Å². The number of carbonyl (C=O) groups is 1. The number of nitrogens with one attached hydrogen (secondary N) is 1. The summed E-state index contributed by atoms with van der Waals surface area (Å²) < 4.78 is 7.50. The molecule has 1 heterocycles. The van der Waals surface area contributed by atoms with Gasteiger partial charge >= 0.3 is 0 Å². The Bertz CT molecular complexity index is 869. The number of nitrogens with zero attached hydrogens (tertiary/aromatic N) is 3. The van der Waals surface area contributed by atoms with Crippen LogP contribution in [0.4, 0.5) is 5.69 Å². The van der Waals surface area contributed by atoms with E-state index < -0.39 is 0 Å². The van der Waals surface area contributed by atoms with Crippen molar-refractivity contribution in [2.24, 2.45) is 7.05 Å². The Hall–Kier alpha value is -2.51. The van der Waals surface area contributed by atoms with Crippen LogP contribution in [0.2, 0.25) is 5.02 Å². The number of aromatic nitrogens is 3. The van der Waals surface area contributed by atoms with Crippen molar-refractivity contribution in [3.63, 3.8) is 0 Å². The smallest absolute Gasteiger partial charge is 0.234 e. The van der Waals surface area contributed by atoms with Crippen molar-refractivity contribution in [2.45, 2.75) is 11.8 Å². The lowest BCUT2D eigenvalue weighted by atomic mass is 10.3. The molecule has 0 spiro atoms. The van der Waals surface area contributed by atoms with Crippen LogP contribution in [-0.2, 0) is 18.4 Å². The van der Waals surface area contributed by atoms with Gasteiger partial charge in [-0.25, -0.2) is 0 Å². The largest absolute Gasteiger partial charge is 0.486 e. The molecule has 2 aromatic carbocycles. The van der Waals surface area contributed by atoms with Gasteiger partial charge in [-0.1, -0.05) is 41.6 Å². The molecule has 0 fully saturated rings. The lowest BCUT2D eigenvalue weighted by Crippen LogP contribution is -2.14. The number of para-hydroxylation sites is 1. The number of ether oxygens (including phenoxy) is 1. The quantitative estimate of drug-likeness (QED) is 0.624. The van der Waals surface area contributed by atoms with Crippen molar-refractivity contribution in [3.05, 3.63) is 65.4 Å². The number of benzene rings is 2. The van der Waals surface area contributed by atoms with Crippen molar-refractivity contribution in [2.75, 3.05) is 11.1 Å². The number of halogens is 1. The van der Waals surface area contributed by atoms with Gasteiger partial charge in [0.25, 0.3) is 0 Å². The normalized spacial score (nSPS) is 10.5. The molecule has 1 aromatic heterocycles. The summed E-state index contributed by atoms with van der Waals surface area (Å²) in [5.41, 5.74) is 0.704. The molecule has 6 nitrogen and oxygen atoms in total. The van der Waals surface area contributed by atoms with E-state index in [0.717, 1.165) is 5.75 Å². The van der Waals surface area contributed by atoms with E-state index in [-0.39, 0.29) is 11.7 Å². The van der Waals surface area contributed by atoms with Crippen LogP contribution in [0.5, 0.6) is 5.75 Å². The zero-order valence-electron chi connectivity index (χ0n) is 14.1. The average Bonchev–Trinajstić information content (AvgIpc) is 3.01. The van der Waals surface area contributed by atoms with Gasteiger partial charge in [-0.3, -0.25) is 4.79 Å². The topological polar surface area (TPSA) is 69.0 Å². The van der Waals surface area contributed by atoms with Gasteiger partial charge in [0.1, 0.15) is 12.4 Å². The maximum atomic E-state index is 12.1. The number of thioether (sulfide) groups is 1. The van der Waals surface area contributed by atoms with Crippen molar-refractivity contribution in [1.82, 2.24) is 14.8 Å². The van der Waals surface area contributed by atoms with E-state index in [9.17, 15) is 4.79 Å². The molecular weight excluding hydrogens is 372 g/mol. The fourth-order valence-corrected chi connectivity index (χ4v) is 2.98. The molecule has 0 saturated carbocycles. The second-order valence-electron chi connectivity index (χ2n) is 5.40. The van der Waals surface area contributed by atoms with Gasteiger partial charge in [0.05, 0.1) is 5.75 Å². The van der Waals surface area contributed by atoms with Gasteiger partial charge in [0.15, 0.2) is 11.0 Å². The van der Waals surface area contributed by atoms with E-state index in [1.54, 1.807) is 24.3 Å². The minimum absolute atomic E-state index is 0.123. The Morgan fingerprint density at radius 1 is 1.15 bits per heavy atom. The van der Waals surface area contributed by atoms with E-state index >= 15 is 0 Å². The Labute approximate surface area is 160 Å². The van der Waals surface area contributed by atoms with Crippen LogP contribution in [-0.4, -0.2) is 26.4 Å². The highest BCUT2D eigenvalue weighted by Crippen LogP contribution is 2.18. The second kappa shape index (κ2) is 8.73. The SMILES string of the molecule is Cn1c(COc2ccccc2)nnc1SCC(=O)Nc1ccc(Cl)cc1. The van der Waals surface area contributed by atoms with Crippen LogP contribution >= 0.6 is 23.4 Å². The van der Waals surface area contributed by atoms with Crippen LogP contribution < -0.4 is 10.1 Å². The first-order chi connectivity index (χ1) is 12.6. The Morgan fingerprint density at radius 3 is 2.62 bits per heavy atom. The standard InChI is InChI=1S/C18H17ClN4O2S/c1-23-16(11-25-15-5-3-2-4-6-15)21-22-18(23)26-12-17(24)20-14-9-7-13(19)8-10-14/h2-10H,11-12H2,1H3,(H,20,24). The molecule has 0 aliphatic rings. The maximum absolute atomic E-state index is 12.1. The highest BCUT2D eigenvalue weighted by molar-refractivity contribution is 7.99. The van der Waals surface area contributed by atoms with Crippen LogP contribution in [0.15, 0.2) is 59.8 Å². The van der Waals surface area contributed by atoms with Gasteiger partial charge in [0.2, 0.25) is 5.91 Å². The van der Waals surface area contributed by atoms with E-state index in [1.807, 2.05) is 41.9 Å². The van der Waals surface area contributed by atoms with Gasteiger partial charge < -0.3 is 14.6 Å². The number of anilines is 1. The first kappa shape index (κ1) is 18.3. The van der Waals surface area contributed by atoms with E-state index in [4.69, 9.17) is 16.3 Å². The maximum Gasteiger partial charge on any atom is 0.234 e. The minimum Gasteiger partial charge on any atom is -0.486 e. The van der Waals surface area contributed by atoms with Crippen LogP contribution in [0, 0.1) is 0 Å². The van der Waals surface area contributed by atoms with Crippen molar-refractivity contribution < 1.29 is 9.53 Å². The monoisotopic (exact) mass is 388 g/mol. The average molecular weight is 389 g/mol. The Kier molecular flexibility index (Phi) is 6.14. The van der Waals surface area contributed by atoms with E-state index in [0.29, 0.717) is 28.3 Å². The molecule has 26 heavy (non-hydrogen) atoms.